The minimum atomic E-state index is 0.745. The molecule has 0 saturated carbocycles. The molecule has 77 valence electrons. The largest absolute Gasteiger partial charge is 0.472 e. The topological polar surface area (TPSA) is 13.1 Å². The van der Waals surface area contributed by atoms with Gasteiger partial charge in [-0.05, 0) is 36.1 Å². The molecule has 1 radical (unpaired) electrons. The fourth-order valence-electron chi connectivity index (χ4n) is 1.62. The van der Waals surface area contributed by atoms with Crippen LogP contribution < -0.4 is 0 Å². The van der Waals surface area contributed by atoms with E-state index in [9.17, 15) is 0 Å². The van der Waals surface area contributed by atoms with Gasteiger partial charge in [0.2, 0.25) is 0 Å². The van der Waals surface area contributed by atoms with Crippen molar-refractivity contribution in [3.63, 3.8) is 0 Å². The zero-order valence-corrected chi connectivity index (χ0v) is 9.13. The molecule has 0 amide bonds. The van der Waals surface area contributed by atoms with Crippen LogP contribution in [0.2, 0.25) is 5.02 Å². The summed E-state index contributed by atoms with van der Waals surface area (Å²) in [6.45, 7) is 3.85. The third-order valence-corrected chi connectivity index (χ3v) is 2.56. The van der Waals surface area contributed by atoms with Gasteiger partial charge in [0.1, 0.15) is 0 Å². The minimum absolute atomic E-state index is 0.745. The number of aryl methyl sites for hydroxylation is 1. The van der Waals surface area contributed by atoms with Gasteiger partial charge in [0.05, 0.1) is 12.5 Å². The van der Waals surface area contributed by atoms with Gasteiger partial charge in [-0.15, -0.1) is 0 Å². The first-order valence-electron chi connectivity index (χ1n) is 4.91. The maximum Gasteiger partial charge on any atom is 0.0983 e. The first kappa shape index (κ1) is 10.3. The van der Waals surface area contributed by atoms with E-state index >= 15 is 0 Å². The molecule has 0 saturated heterocycles. The second-order valence-corrected chi connectivity index (χ2v) is 3.86. The monoisotopic (exact) mass is 219 g/mol. The molecule has 2 rings (SSSR count). The number of furan rings is 1. The van der Waals surface area contributed by atoms with E-state index in [0.717, 1.165) is 29.0 Å². The average Bonchev–Trinajstić information content (AvgIpc) is 2.66. The highest BCUT2D eigenvalue weighted by Crippen LogP contribution is 2.27. The van der Waals surface area contributed by atoms with Crippen LogP contribution in [0.5, 0.6) is 0 Å². The van der Waals surface area contributed by atoms with Crippen LogP contribution in [0.3, 0.4) is 0 Å². The summed E-state index contributed by atoms with van der Waals surface area (Å²) in [5, 5.41) is 0.745. The normalized spacial score (nSPS) is 10.5. The molecule has 0 fully saturated rings. The summed E-state index contributed by atoms with van der Waals surface area (Å²) in [5.74, 6) is 0. The Bertz CT molecular complexity index is 445. The summed E-state index contributed by atoms with van der Waals surface area (Å²) in [7, 11) is 0. The van der Waals surface area contributed by atoms with Gasteiger partial charge in [-0.3, -0.25) is 0 Å². The highest BCUT2D eigenvalue weighted by molar-refractivity contribution is 6.30. The first-order valence-corrected chi connectivity index (χ1v) is 5.29. The molecule has 0 bridgehead atoms. The number of rotatable bonds is 3. The molecular formula is C13H12ClO. The SMILES string of the molecule is [CH2]CCc1cocc1-c1cccc(Cl)c1. The predicted molar refractivity (Wildman–Crippen MR) is 62.8 cm³/mol. The van der Waals surface area contributed by atoms with E-state index in [1.807, 2.05) is 24.3 Å². The molecular weight excluding hydrogens is 208 g/mol. The Balaban J connectivity index is 2.40. The van der Waals surface area contributed by atoms with E-state index in [1.54, 1.807) is 12.5 Å². The van der Waals surface area contributed by atoms with Gasteiger partial charge in [-0.1, -0.05) is 30.7 Å². The van der Waals surface area contributed by atoms with Gasteiger partial charge >= 0.3 is 0 Å². The molecule has 1 aromatic heterocycles. The molecule has 0 atom stereocenters. The third kappa shape index (κ3) is 2.24. The Morgan fingerprint density at radius 2 is 2.13 bits per heavy atom. The van der Waals surface area contributed by atoms with E-state index < -0.39 is 0 Å². The summed E-state index contributed by atoms with van der Waals surface area (Å²) in [6.07, 6.45) is 5.34. The molecule has 0 N–H and O–H groups in total. The summed E-state index contributed by atoms with van der Waals surface area (Å²) >= 11 is 5.95. The minimum Gasteiger partial charge on any atom is -0.472 e. The Morgan fingerprint density at radius 1 is 1.27 bits per heavy atom. The summed E-state index contributed by atoms with van der Waals surface area (Å²) in [4.78, 5) is 0. The van der Waals surface area contributed by atoms with Crippen molar-refractivity contribution in [2.75, 3.05) is 0 Å². The van der Waals surface area contributed by atoms with Crippen LogP contribution in [0, 0.1) is 6.92 Å². The van der Waals surface area contributed by atoms with Crippen LogP contribution in [-0.4, -0.2) is 0 Å². The van der Waals surface area contributed by atoms with Crippen LogP contribution >= 0.6 is 11.6 Å². The maximum absolute atomic E-state index is 5.95. The Kier molecular flexibility index (Phi) is 3.12. The van der Waals surface area contributed by atoms with Crippen molar-refractivity contribution >= 4 is 11.6 Å². The lowest BCUT2D eigenvalue weighted by Crippen LogP contribution is -1.84. The summed E-state index contributed by atoms with van der Waals surface area (Å²) < 4.78 is 5.22. The lowest BCUT2D eigenvalue weighted by Gasteiger charge is -2.01. The number of halogens is 1. The van der Waals surface area contributed by atoms with Gasteiger partial charge in [-0.2, -0.15) is 0 Å². The van der Waals surface area contributed by atoms with Crippen molar-refractivity contribution in [2.45, 2.75) is 12.8 Å². The van der Waals surface area contributed by atoms with Crippen molar-refractivity contribution in [1.82, 2.24) is 0 Å². The molecule has 2 heteroatoms. The quantitative estimate of drug-likeness (QED) is 0.747. The van der Waals surface area contributed by atoms with E-state index in [0.29, 0.717) is 0 Å². The zero-order chi connectivity index (χ0) is 10.7. The van der Waals surface area contributed by atoms with Crippen molar-refractivity contribution < 1.29 is 4.42 Å². The predicted octanol–water partition coefficient (Wildman–Crippen LogP) is 4.37. The molecule has 1 heterocycles. The number of benzene rings is 1. The van der Waals surface area contributed by atoms with Crippen LogP contribution in [0.4, 0.5) is 0 Å². The van der Waals surface area contributed by atoms with E-state index in [1.165, 1.54) is 5.56 Å². The second-order valence-electron chi connectivity index (χ2n) is 3.42. The number of hydrogen-bond donors (Lipinski definition) is 0. The highest BCUT2D eigenvalue weighted by Gasteiger charge is 2.07. The van der Waals surface area contributed by atoms with Crippen LogP contribution in [-0.2, 0) is 6.42 Å². The molecule has 15 heavy (non-hydrogen) atoms. The van der Waals surface area contributed by atoms with Gasteiger partial charge in [-0.25, -0.2) is 0 Å². The summed E-state index contributed by atoms with van der Waals surface area (Å²) in [5.41, 5.74) is 3.40. The molecule has 0 aliphatic carbocycles. The fraction of sp³-hybridized carbons (Fsp3) is 0.154. The Morgan fingerprint density at radius 3 is 2.87 bits per heavy atom. The van der Waals surface area contributed by atoms with Crippen molar-refractivity contribution in [3.05, 3.63) is 54.3 Å². The first-order chi connectivity index (χ1) is 7.31. The molecule has 0 spiro atoms. The molecule has 0 unspecified atom stereocenters. The van der Waals surface area contributed by atoms with Gasteiger partial charge < -0.3 is 4.42 Å². The number of hydrogen-bond acceptors (Lipinski definition) is 1. The smallest absolute Gasteiger partial charge is 0.0983 e. The molecule has 1 aromatic carbocycles. The van der Waals surface area contributed by atoms with Crippen LogP contribution in [0.15, 0.2) is 41.2 Å². The average molecular weight is 220 g/mol. The van der Waals surface area contributed by atoms with Crippen LogP contribution in [0.1, 0.15) is 12.0 Å². The second kappa shape index (κ2) is 4.54. The van der Waals surface area contributed by atoms with Gasteiger partial charge in [0, 0.05) is 10.6 Å². The lowest BCUT2D eigenvalue weighted by molar-refractivity contribution is 0.564. The molecule has 1 nitrogen and oxygen atoms in total. The van der Waals surface area contributed by atoms with Gasteiger partial charge in [0.25, 0.3) is 0 Å². The van der Waals surface area contributed by atoms with Crippen molar-refractivity contribution in [2.24, 2.45) is 0 Å². The van der Waals surface area contributed by atoms with Crippen molar-refractivity contribution in [1.29, 1.82) is 0 Å². The third-order valence-electron chi connectivity index (χ3n) is 2.32. The van der Waals surface area contributed by atoms with E-state index in [-0.39, 0.29) is 0 Å². The fourth-order valence-corrected chi connectivity index (χ4v) is 1.81. The maximum atomic E-state index is 5.95. The zero-order valence-electron chi connectivity index (χ0n) is 8.37. The van der Waals surface area contributed by atoms with E-state index in [2.05, 4.69) is 6.92 Å². The van der Waals surface area contributed by atoms with E-state index in [4.69, 9.17) is 16.0 Å². The molecule has 0 aliphatic heterocycles. The van der Waals surface area contributed by atoms with Crippen molar-refractivity contribution in [3.8, 4) is 11.1 Å². The Hall–Kier alpha value is -1.21. The summed E-state index contributed by atoms with van der Waals surface area (Å²) in [6, 6.07) is 7.78. The van der Waals surface area contributed by atoms with Gasteiger partial charge in [0.15, 0.2) is 0 Å². The standard InChI is InChI=1S/C13H12ClO/c1-2-4-11-8-15-9-13(11)10-5-3-6-12(14)7-10/h3,5-9H,1-2,4H2. The van der Waals surface area contributed by atoms with Crippen LogP contribution in [0.25, 0.3) is 11.1 Å². The molecule has 0 aliphatic rings. The molecule has 2 aromatic rings. The Labute approximate surface area is 94.7 Å². The lowest BCUT2D eigenvalue weighted by atomic mass is 10.0. The highest BCUT2D eigenvalue weighted by atomic mass is 35.5.